The molecule has 1 heterocycles. The molecule has 0 aliphatic rings. The molecule has 0 atom stereocenters. The minimum Gasteiger partial charge on any atom is -0.408 e. The molecular weight excluding hydrogens is 275 g/mol. The SMILES string of the molecule is CCOB(OC(C)(C)CC)c1cccc(-n2ccc(C)n2)c1. The largest absolute Gasteiger partial charge is 0.494 e. The minimum absolute atomic E-state index is 0.224. The molecule has 0 spiro atoms. The van der Waals surface area contributed by atoms with Crippen LogP contribution < -0.4 is 5.46 Å². The highest BCUT2D eigenvalue weighted by atomic mass is 16.6. The number of hydrogen-bond acceptors (Lipinski definition) is 3. The summed E-state index contributed by atoms with van der Waals surface area (Å²) in [6.45, 7) is 10.9. The van der Waals surface area contributed by atoms with Crippen molar-refractivity contribution in [2.45, 2.75) is 46.6 Å². The second-order valence-electron chi connectivity index (χ2n) is 6.02. The molecule has 0 unspecified atom stereocenters. The van der Waals surface area contributed by atoms with E-state index >= 15 is 0 Å². The van der Waals surface area contributed by atoms with Gasteiger partial charge in [-0.1, -0.05) is 19.1 Å². The predicted molar refractivity (Wildman–Crippen MR) is 90.8 cm³/mol. The van der Waals surface area contributed by atoms with E-state index in [-0.39, 0.29) is 12.7 Å². The van der Waals surface area contributed by atoms with Gasteiger partial charge in [-0.05, 0) is 57.8 Å². The third-order valence-corrected chi connectivity index (χ3v) is 3.72. The number of benzene rings is 1. The predicted octanol–water partition coefficient (Wildman–Crippen LogP) is 3.12. The van der Waals surface area contributed by atoms with E-state index in [0.29, 0.717) is 6.61 Å². The first-order valence-electron chi connectivity index (χ1n) is 7.87. The molecule has 0 N–H and O–H groups in total. The zero-order valence-electron chi connectivity index (χ0n) is 14.2. The third-order valence-electron chi connectivity index (χ3n) is 3.72. The molecule has 0 aliphatic carbocycles. The highest BCUT2D eigenvalue weighted by Gasteiger charge is 2.29. The van der Waals surface area contributed by atoms with Crippen LogP contribution >= 0.6 is 0 Å². The van der Waals surface area contributed by atoms with Gasteiger partial charge in [-0.2, -0.15) is 5.10 Å². The maximum absolute atomic E-state index is 6.16. The Hall–Kier alpha value is -1.59. The fourth-order valence-electron chi connectivity index (χ4n) is 2.10. The highest BCUT2D eigenvalue weighted by Crippen LogP contribution is 2.16. The number of aryl methyl sites for hydroxylation is 1. The van der Waals surface area contributed by atoms with Crippen LogP contribution in [-0.2, 0) is 9.31 Å². The summed E-state index contributed by atoms with van der Waals surface area (Å²) in [6.07, 6.45) is 2.88. The molecule has 2 aromatic rings. The average molecular weight is 300 g/mol. The lowest BCUT2D eigenvalue weighted by Gasteiger charge is -2.28. The van der Waals surface area contributed by atoms with Crippen molar-refractivity contribution >= 4 is 12.6 Å². The summed E-state index contributed by atoms with van der Waals surface area (Å²) in [5, 5.41) is 4.45. The Balaban J connectivity index is 2.28. The first-order chi connectivity index (χ1) is 10.4. The summed E-state index contributed by atoms with van der Waals surface area (Å²) in [6, 6.07) is 10.1. The Morgan fingerprint density at radius 3 is 2.59 bits per heavy atom. The van der Waals surface area contributed by atoms with Crippen molar-refractivity contribution in [3.05, 3.63) is 42.2 Å². The Kier molecular flexibility index (Phi) is 5.43. The van der Waals surface area contributed by atoms with Gasteiger partial charge in [0.05, 0.1) is 11.4 Å². The molecule has 1 aromatic carbocycles. The maximum atomic E-state index is 6.16. The van der Waals surface area contributed by atoms with Crippen LogP contribution in [0.3, 0.4) is 0 Å². The Morgan fingerprint density at radius 2 is 2.00 bits per heavy atom. The Morgan fingerprint density at radius 1 is 1.23 bits per heavy atom. The van der Waals surface area contributed by atoms with Crippen LogP contribution in [0, 0.1) is 6.92 Å². The number of aromatic nitrogens is 2. The van der Waals surface area contributed by atoms with E-state index in [1.54, 1.807) is 0 Å². The average Bonchev–Trinajstić information content (AvgIpc) is 2.93. The molecule has 2 rings (SSSR count). The van der Waals surface area contributed by atoms with Crippen molar-refractivity contribution in [3.63, 3.8) is 0 Å². The first-order valence-corrected chi connectivity index (χ1v) is 7.87. The van der Waals surface area contributed by atoms with E-state index in [2.05, 4.69) is 31.9 Å². The maximum Gasteiger partial charge on any atom is 0.494 e. The van der Waals surface area contributed by atoms with Crippen LogP contribution in [0.5, 0.6) is 0 Å². The van der Waals surface area contributed by atoms with Crippen molar-refractivity contribution in [1.29, 1.82) is 0 Å². The van der Waals surface area contributed by atoms with E-state index < -0.39 is 0 Å². The van der Waals surface area contributed by atoms with Crippen molar-refractivity contribution in [2.75, 3.05) is 6.61 Å². The third kappa shape index (κ3) is 4.21. The molecule has 22 heavy (non-hydrogen) atoms. The Bertz CT molecular complexity index is 610. The summed E-state index contributed by atoms with van der Waals surface area (Å²) < 4.78 is 13.8. The van der Waals surface area contributed by atoms with Crippen LogP contribution in [0.15, 0.2) is 36.5 Å². The van der Waals surface area contributed by atoms with Gasteiger partial charge in [0.15, 0.2) is 0 Å². The quantitative estimate of drug-likeness (QED) is 0.737. The molecular formula is C17H25BN2O2. The molecule has 0 saturated heterocycles. The summed E-state index contributed by atoms with van der Waals surface area (Å²) in [7, 11) is -0.364. The molecule has 4 nitrogen and oxygen atoms in total. The summed E-state index contributed by atoms with van der Waals surface area (Å²) in [5.41, 5.74) is 2.79. The smallest absolute Gasteiger partial charge is 0.408 e. The van der Waals surface area contributed by atoms with E-state index in [0.717, 1.165) is 23.3 Å². The lowest BCUT2D eigenvalue weighted by molar-refractivity contribution is 0.0706. The van der Waals surface area contributed by atoms with E-state index in [1.165, 1.54) is 0 Å². The molecule has 0 aliphatic heterocycles. The van der Waals surface area contributed by atoms with Crippen LogP contribution in [0.1, 0.15) is 39.8 Å². The monoisotopic (exact) mass is 300 g/mol. The van der Waals surface area contributed by atoms with Gasteiger partial charge < -0.3 is 9.31 Å². The summed E-state index contributed by atoms with van der Waals surface area (Å²) in [4.78, 5) is 0. The van der Waals surface area contributed by atoms with Crippen molar-refractivity contribution < 1.29 is 9.31 Å². The lowest BCUT2D eigenvalue weighted by Crippen LogP contribution is -2.43. The fraction of sp³-hybridized carbons (Fsp3) is 0.471. The van der Waals surface area contributed by atoms with Gasteiger partial charge in [-0.15, -0.1) is 0 Å². The molecule has 0 amide bonds. The molecule has 5 heteroatoms. The van der Waals surface area contributed by atoms with Gasteiger partial charge in [-0.3, -0.25) is 0 Å². The number of nitrogens with zero attached hydrogens (tertiary/aromatic N) is 2. The zero-order valence-corrected chi connectivity index (χ0v) is 14.2. The van der Waals surface area contributed by atoms with Crippen LogP contribution in [0.2, 0.25) is 0 Å². The van der Waals surface area contributed by atoms with Crippen molar-refractivity contribution in [3.8, 4) is 5.69 Å². The van der Waals surface area contributed by atoms with Crippen molar-refractivity contribution in [1.82, 2.24) is 9.78 Å². The summed E-state index contributed by atoms with van der Waals surface area (Å²) in [5.74, 6) is 0. The lowest BCUT2D eigenvalue weighted by atomic mass is 9.77. The molecule has 0 bridgehead atoms. The van der Waals surface area contributed by atoms with Crippen LogP contribution in [-0.4, -0.2) is 29.1 Å². The zero-order chi connectivity index (χ0) is 16.2. The molecule has 118 valence electrons. The topological polar surface area (TPSA) is 36.3 Å². The fourth-order valence-corrected chi connectivity index (χ4v) is 2.10. The van der Waals surface area contributed by atoms with Gasteiger partial charge in [0, 0.05) is 18.4 Å². The highest BCUT2D eigenvalue weighted by molar-refractivity contribution is 6.61. The van der Waals surface area contributed by atoms with E-state index in [9.17, 15) is 0 Å². The Labute approximate surface area is 133 Å². The minimum atomic E-state index is -0.364. The second-order valence-corrected chi connectivity index (χ2v) is 6.02. The van der Waals surface area contributed by atoms with Gasteiger partial charge in [0.1, 0.15) is 0 Å². The molecule has 0 fully saturated rings. The second kappa shape index (κ2) is 7.12. The normalized spacial score (nSPS) is 11.7. The van der Waals surface area contributed by atoms with Gasteiger partial charge in [0.2, 0.25) is 0 Å². The van der Waals surface area contributed by atoms with Crippen LogP contribution in [0.4, 0.5) is 0 Å². The molecule has 0 saturated carbocycles. The van der Waals surface area contributed by atoms with Crippen LogP contribution in [0.25, 0.3) is 5.69 Å². The van der Waals surface area contributed by atoms with E-state index in [1.807, 2.05) is 49.0 Å². The van der Waals surface area contributed by atoms with Crippen molar-refractivity contribution in [2.24, 2.45) is 0 Å². The standard InChI is InChI=1S/C17H25BN2O2/c1-6-17(4,5)22-18(21-7-2)15-9-8-10-16(13-15)20-12-11-14(3)19-20/h8-13H,6-7H2,1-5H3. The van der Waals surface area contributed by atoms with Gasteiger partial charge >= 0.3 is 7.12 Å². The van der Waals surface area contributed by atoms with E-state index in [4.69, 9.17) is 9.31 Å². The molecule has 1 aromatic heterocycles. The number of hydrogen-bond donors (Lipinski definition) is 0. The summed E-state index contributed by atoms with van der Waals surface area (Å²) >= 11 is 0. The molecule has 0 radical (unpaired) electrons. The van der Waals surface area contributed by atoms with Gasteiger partial charge in [-0.25, -0.2) is 4.68 Å². The first kappa shape index (κ1) is 16.8. The van der Waals surface area contributed by atoms with Gasteiger partial charge in [0.25, 0.3) is 0 Å². The number of rotatable bonds is 7.